The largest absolute Gasteiger partial charge is 0.396 e. The van der Waals surface area contributed by atoms with E-state index in [0.717, 1.165) is 62.8 Å². The van der Waals surface area contributed by atoms with E-state index in [1.807, 2.05) is 38.1 Å². The minimum Gasteiger partial charge on any atom is -0.396 e. The monoisotopic (exact) mass is 850 g/mol. The lowest BCUT2D eigenvalue weighted by Crippen LogP contribution is -2.50. The van der Waals surface area contributed by atoms with E-state index < -0.39 is 12.1 Å². The number of hydrogen-bond donors (Lipinski definition) is 4. The first-order valence-electron chi connectivity index (χ1n) is 23.2. The standard InChI is InChI=1S/2C24H31N3O4/c2*1-2-3-16-8-9-19-21-17(12-26(19)24(16)31)18(13-28)22(23(30)25-11-15-6-7-15)27(21)20(29)10-14-4-5-14/h2*2-3,8-9,14-15,17-18,21-22,28H,4-7,10-13H2,1H3,(H,25,30)/b3-2+;3-2-/t2*17-,18-,21+,22-/m00/s1. The van der Waals surface area contributed by atoms with E-state index in [2.05, 4.69) is 10.6 Å². The van der Waals surface area contributed by atoms with Crippen molar-refractivity contribution < 1.29 is 29.4 Å². The van der Waals surface area contributed by atoms with E-state index in [1.165, 1.54) is 0 Å². The lowest BCUT2D eigenvalue weighted by molar-refractivity contribution is -0.142. The summed E-state index contributed by atoms with van der Waals surface area (Å²) in [4.78, 5) is 82.7. The van der Waals surface area contributed by atoms with Crippen molar-refractivity contribution >= 4 is 35.8 Å². The number of hydrogen-bond acceptors (Lipinski definition) is 8. The molecule has 0 spiro atoms. The fraction of sp³-hybridized carbons (Fsp3) is 0.625. The molecular formula is C48H62N6O8. The van der Waals surface area contributed by atoms with E-state index in [-0.39, 0.29) is 83.7 Å². The number of rotatable bonds is 14. The summed E-state index contributed by atoms with van der Waals surface area (Å²) in [6.07, 6.45) is 16.9. The number of pyridine rings is 2. The van der Waals surface area contributed by atoms with Crippen LogP contribution in [0.2, 0.25) is 0 Å². The fourth-order valence-electron chi connectivity index (χ4n) is 10.9. The van der Waals surface area contributed by atoms with Gasteiger partial charge in [-0.25, -0.2) is 0 Å². The number of amides is 4. The summed E-state index contributed by atoms with van der Waals surface area (Å²) in [6, 6.07) is 5.39. The number of aliphatic hydroxyl groups is 2. The molecule has 8 aliphatic rings. The first-order chi connectivity index (χ1) is 30.1. The molecule has 0 radical (unpaired) electrons. The van der Waals surface area contributed by atoms with Crippen LogP contribution >= 0.6 is 0 Å². The molecule has 2 saturated heterocycles. The molecular weight excluding hydrogens is 789 g/mol. The molecule has 14 nitrogen and oxygen atoms in total. The van der Waals surface area contributed by atoms with Crippen molar-refractivity contribution in [3.05, 3.63) is 79.6 Å². The Kier molecular flexibility index (Phi) is 11.9. The predicted octanol–water partition coefficient (Wildman–Crippen LogP) is 3.40. The van der Waals surface area contributed by atoms with E-state index in [1.54, 1.807) is 43.2 Å². The quantitative estimate of drug-likeness (QED) is 0.223. The van der Waals surface area contributed by atoms with Crippen LogP contribution in [-0.4, -0.2) is 91.2 Å². The molecule has 4 aliphatic carbocycles. The second-order valence-corrected chi connectivity index (χ2v) is 19.3. The average molecular weight is 851 g/mol. The van der Waals surface area contributed by atoms with Crippen LogP contribution in [-0.2, 0) is 32.3 Å². The van der Waals surface area contributed by atoms with E-state index in [0.29, 0.717) is 73.8 Å². The van der Waals surface area contributed by atoms with Gasteiger partial charge in [0, 0.05) is 98.4 Å². The van der Waals surface area contributed by atoms with Gasteiger partial charge < -0.3 is 39.8 Å². The van der Waals surface area contributed by atoms with E-state index >= 15 is 0 Å². The Morgan fingerprint density at radius 2 is 0.968 bits per heavy atom. The van der Waals surface area contributed by atoms with Crippen molar-refractivity contribution in [2.75, 3.05) is 26.3 Å². The summed E-state index contributed by atoms with van der Waals surface area (Å²) in [5.74, 6) is 0.454. The number of allylic oxidation sites excluding steroid dienone is 2. The Hall–Kier alpha value is -4.82. The SMILES string of the molecule is C/C=C/c1ccc2n(c1=O)C[C@H]1[C@H](CO)[C@@H](C(=O)NCC3CC3)N(C(=O)CC3CC3)[C@@H]21.C/C=C\c1ccc2n(c1=O)C[C@H]1[C@H](CO)[C@@H](C(=O)NCC3CC3)N(C(=O)CC3CC3)[C@@H]21. The zero-order valence-corrected chi connectivity index (χ0v) is 36.0. The summed E-state index contributed by atoms with van der Waals surface area (Å²) in [7, 11) is 0. The van der Waals surface area contributed by atoms with Crippen LogP contribution in [0, 0.1) is 47.3 Å². The van der Waals surface area contributed by atoms with Gasteiger partial charge >= 0.3 is 0 Å². The minimum atomic E-state index is -0.677. The smallest absolute Gasteiger partial charge is 0.258 e. The van der Waals surface area contributed by atoms with Gasteiger partial charge in [-0.05, 0) is 113 Å². The van der Waals surface area contributed by atoms with Crippen molar-refractivity contribution in [2.45, 2.75) is 115 Å². The second kappa shape index (κ2) is 17.4. The highest BCUT2D eigenvalue weighted by Gasteiger charge is 2.59. The summed E-state index contributed by atoms with van der Waals surface area (Å²) in [5, 5.41) is 26.6. The topological polar surface area (TPSA) is 183 Å². The average Bonchev–Trinajstić information content (AvgIpc) is 4.06. The molecule has 0 unspecified atom stereocenters. The van der Waals surface area contributed by atoms with Gasteiger partial charge in [0.25, 0.3) is 11.1 Å². The summed E-state index contributed by atoms with van der Waals surface area (Å²) in [6.45, 7) is 5.51. The Bertz CT molecular complexity index is 2110. The van der Waals surface area contributed by atoms with Crippen LogP contribution in [0.1, 0.15) is 113 Å². The molecule has 10 rings (SSSR count). The summed E-state index contributed by atoms with van der Waals surface area (Å²) < 4.78 is 3.48. The Labute approximate surface area is 362 Å². The van der Waals surface area contributed by atoms with Crippen LogP contribution < -0.4 is 21.8 Å². The third-order valence-corrected chi connectivity index (χ3v) is 14.9. The molecule has 6 fully saturated rings. The van der Waals surface area contributed by atoms with Gasteiger partial charge in [0.15, 0.2) is 0 Å². The van der Waals surface area contributed by atoms with Gasteiger partial charge in [-0.1, -0.05) is 24.3 Å². The van der Waals surface area contributed by atoms with Crippen molar-refractivity contribution in [2.24, 2.45) is 47.3 Å². The highest BCUT2D eigenvalue weighted by molar-refractivity contribution is 5.90. The van der Waals surface area contributed by atoms with Gasteiger partial charge in [-0.3, -0.25) is 28.8 Å². The lowest BCUT2D eigenvalue weighted by atomic mass is 9.88. The number of likely N-dealkylation sites (tertiary alicyclic amines) is 2. The van der Waals surface area contributed by atoms with Crippen molar-refractivity contribution in [1.29, 1.82) is 0 Å². The maximum absolute atomic E-state index is 13.4. The molecule has 4 N–H and O–H groups in total. The van der Waals surface area contributed by atoms with E-state index in [4.69, 9.17) is 0 Å². The normalized spacial score (nSPS) is 29.3. The Morgan fingerprint density at radius 3 is 1.29 bits per heavy atom. The molecule has 4 amide bonds. The van der Waals surface area contributed by atoms with Gasteiger partial charge in [0.1, 0.15) is 12.1 Å². The zero-order valence-electron chi connectivity index (χ0n) is 36.0. The molecule has 62 heavy (non-hydrogen) atoms. The molecule has 0 aromatic carbocycles. The zero-order chi connectivity index (χ0) is 43.4. The molecule has 6 heterocycles. The van der Waals surface area contributed by atoms with E-state index in [9.17, 15) is 39.0 Å². The number of fused-ring (bicyclic) bond motifs is 6. The Balaban J connectivity index is 0.000000158. The molecule has 14 heteroatoms. The number of carbonyl (C=O) groups excluding carboxylic acids is 4. The minimum absolute atomic E-state index is 0.0292. The van der Waals surface area contributed by atoms with Gasteiger partial charge in [-0.15, -0.1) is 0 Å². The predicted molar refractivity (Wildman–Crippen MR) is 232 cm³/mol. The third-order valence-electron chi connectivity index (χ3n) is 14.9. The molecule has 0 bridgehead atoms. The van der Waals surface area contributed by atoms with Crippen LogP contribution in [0.15, 0.2) is 46.0 Å². The second-order valence-electron chi connectivity index (χ2n) is 19.3. The van der Waals surface area contributed by atoms with Gasteiger partial charge in [-0.2, -0.15) is 0 Å². The molecule has 2 aromatic heterocycles. The highest BCUT2D eigenvalue weighted by atomic mass is 16.3. The first kappa shape index (κ1) is 42.5. The molecule has 8 atom stereocenters. The van der Waals surface area contributed by atoms with Crippen LogP contribution in [0.5, 0.6) is 0 Å². The summed E-state index contributed by atoms with van der Waals surface area (Å²) >= 11 is 0. The highest BCUT2D eigenvalue weighted by Crippen LogP contribution is 2.52. The maximum atomic E-state index is 13.4. The maximum Gasteiger partial charge on any atom is 0.258 e. The van der Waals surface area contributed by atoms with Crippen molar-refractivity contribution in [3.63, 3.8) is 0 Å². The van der Waals surface area contributed by atoms with Crippen LogP contribution in [0.3, 0.4) is 0 Å². The number of aromatic nitrogens is 2. The molecule has 4 saturated carbocycles. The number of carbonyl (C=O) groups is 4. The van der Waals surface area contributed by atoms with Gasteiger partial charge in [0.05, 0.1) is 12.1 Å². The number of nitrogens with one attached hydrogen (secondary N) is 2. The van der Waals surface area contributed by atoms with Crippen LogP contribution in [0.4, 0.5) is 0 Å². The van der Waals surface area contributed by atoms with Crippen molar-refractivity contribution in [3.8, 4) is 0 Å². The Morgan fingerprint density at radius 1 is 0.597 bits per heavy atom. The molecule has 332 valence electrons. The fourth-order valence-corrected chi connectivity index (χ4v) is 10.9. The number of nitrogens with zero attached hydrogens (tertiary/aromatic N) is 4. The number of aliphatic hydroxyl groups excluding tert-OH is 2. The third kappa shape index (κ3) is 8.13. The van der Waals surface area contributed by atoms with Crippen LogP contribution in [0.25, 0.3) is 12.2 Å². The first-order valence-corrected chi connectivity index (χ1v) is 23.2. The van der Waals surface area contributed by atoms with Crippen molar-refractivity contribution in [1.82, 2.24) is 29.6 Å². The molecule has 4 aliphatic heterocycles. The summed E-state index contributed by atoms with van der Waals surface area (Å²) in [5.41, 5.74) is 2.63. The lowest BCUT2D eigenvalue weighted by Gasteiger charge is -2.31. The molecule has 2 aromatic rings. The van der Waals surface area contributed by atoms with Gasteiger partial charge in [0.2, 0.25) is 23.6 Å².